The number of carbonyl (C=O) groups excluding carboxylic acids is 1. The molecule has 0 saturated carbocycles. The van der Waals surface area contributed by atoms with E-state index in [0.29, 0.717) is 11.5 Å². The number of ether oxygens (including phenoxy) is 1. The molecule has 0 atom stereocenters. The van der Waals surface area contributed by atoms with Gasteiger partial charge >= 0.3 is 0 Å². The molecule has 4 rings (SSSR count). The molecule has 0 radical (unpaired) electrons. The van der Waals surface area contributed by atoms with Crippen LogP contribution in [0, 0.1) is 12.7 Å². The fourth-order valence-corrected chi connectivity index (χ4v) is 5.50. The van der Waals surface area contributed by atoms with Gasteiger partial charge in [0.1, 0.15) is 23.7 Å². The van der Waals surface area contributed by atoms with E-state index < -0.39 is 31.3 Å². The van der Waals surface area contributed by atoms with E-state index in [2.05, 4.69) is 15.3 Å². The van der Waals surface area contributed by atoms with Crippen molar-refractivity contribution in [1.29, 1.82) is 0 Å². The molecule has 11 heteroatoms. The summed E-state index contributed by atoms with van der Waals surface area (Å²) in [7, 11) is 0.0573. The van der Waals surface area contributed by atoms with Gasteiger partial charge in [0, 0.05) is 23.0 Å². The highest BCUT2D eigenvalue weighted by atomic mass is 32.2. The van der Waals surface area contributed by atoms with Crippen molar-refractivity contribution >= 4 is 44.7 Å². The van der Waals surface area contributed by atoms with Gasteiger partial charge in [-0.05, 0) is 49.6 Å². The third-order valence-electron chi connectivity index (χ3n) is 5.17. The van der Waals surface area contributed by atoms with E-state index in [1.54, 1.807) is 0 Å². The van der Waals surface area contributed by atoms with E-state index in [-0.39, 0.29) is 16.4 Å². The third-order valence-corrected chi connectivity index (χ3v) is 7.16. The number of amides is 1. The lowest BCUT2D eigenvalue weighted by atomic mass is 10.1. The Hall–Kier alpha value is -3.21. The molecule has 3 aromatic rings. The number of halogens is 3. The third kappa shape index (κ3) is 6.02. The Balaban J connectivity index is 1.58. The van der Waals surface area contributed by atoms with Gasteiger partial charge in [-0.25, -0.2) is 27.5 Å². The quantitative estimate of drug-likeness (QED) is 0.472. The second-order valence-corrected chi connectivity index (χ2v) is 9.72. The Bertz CT molecular complexity index is 1230. The summed E-state index contributed by atoms with van der Waals surface area (Å²) in [5.41, 5.74) is 2.90. The fraction of sp³-hybridized carbons (Fsp3) is 0.348. The maximum Gasteiger partial charge on any atom is 0.258 e. The van der Waals surface area contributed by atoms with Crippen LogP contribution in [0.5, 0.6) is 5.75 Å². The number of carbonyl (C=O) groups is 1. The molecule has 1 aliphatic heterocycles. The number of nitrogens with one attached hydrogen (secondary N) is 2. The van der Waals surface area contributed by atoms with E-state index in [0.717, 1.165) is 39.7 Å². The van der Waals surface area contributed by atoms with Gasteiger partial charge in [-0.15, -0.1) is 0 Å². The second-order valence-electron chi connectivity index (χ2n) is 7.80. The molecule has 2 aromatic carbocycles. The van der Waals surface area contributed by atoms with Crippen LogP contribution in [0.3, 0.4) is 0 Å². The Morgan fingerprint density at radius 1 is 1.21 bits per heavy atom. The minimum atomic E-state index is -2.67. The topological polar surface area (TPSA) is 88.5 Å². The van der Waals surface area contributed by atoms with Gasteiger partial charge in [-0.3, -0.25) is 4.79 Å². The van der Waals surface area contributed by atoms with E-state index in [9.17, 15) is 18.0 Å². The molecule has 1 amide bonds. The maximum absolute atomic E-state index is 13.8. The fourth-order valence-electron chi connectivity index (χ4n) is 3.63. The summed E-state index contributed by atoms with van der Waals surface area (Å²) in [6.45, 7) is 0.627. The summed E-state index contributed by atoms with van der Waals surface area (Å²) < 4.78 is 48.7. The minimum Gasteiger partial charge on any atom is -0.481 e. The lowest BCUT2D eigenvalue weighted by Gasteiger charge is -2.15. The summed E-state index contributed by atoms with van der Waals surface area (Å²) in [5, 5.41) is 5.95. The molecule has 2 heterocycles. The first-order valence-corrected chi connectivity index (χ1v) is 12.3. The number of hydrogen-bond acceptors (Lipinski definition) is 6. The number of hydrogen-bond donors (Lipinski definition) is 2. The molecule has 0 bridgehead atoms. The molecule has 34 heavy (non-hydrogen) atoms. The van der Waals surface area contributed by atoms with E-state index in [1.165, 1.54) is 31.3 Å². The van der Waals surface area contributed by atoms with Crippen LogP contribution in [0.4, 0.5) is 30.4 Å². The van der Waals surface area contributed by atoms with Crippen molar-refractivity contribution in [2.24, 2.45) is 4.36 Å². The average Bonchev–Trinajstić information content (AvgIpc) is 3.30. The molecule has 0 aliphatic carbocycles. The molecule has 0 unspecified atom stereocenters. The summed E-state index contributed by atoms with van der Waals surface area (Å²) in [5.74, 6) is 1.47. The first-order chi connectivity index (χ1) is 16.4. The second kappa shape index (κ2) is 10.8. The molecule has 180 valence electrons. The largest absolute Gasteiger partial charge is 0.481 e. The Morgan fingerprint density at radius 2 is 2.00 bits per heavy atom. The predicted molar refractivity (Wildman–Crippen MR) is 127 cm³/mol. The Morgan fingerprint density at radius 3 is 2.76 bits per heavy atom. The number of alkyl halides is 2. The first-order valence-electron chi connectivity index (χ1n) is 10.8. The molecule has 0 spiro atoms. The summed E-state index contributed by atoms with van der Waals surface area (Å²) >= 11 is 0. The van der Waals surface area contributed by atoms with Crippen LogP contribution in [0.15, 0.2) is 41.0 Å². The van der Waals surface area contributed by atoms with Gasteiger partial charge < -0.3 is 15.4 Å². The van der Waals surface area contributed by atoms with Gasteiger partial charge in [0.2, 0.25) is 0 Å². The minimum absolute atomic E-state index is 0.0469. The van der Waals surface area contributed by atoms with Gasteiger partial charge in [0.05, 0.1) is 23.4 Å². The molecular formula is C23H24F3N5O2S. The first kappa shape index (κ1) is 23.9. The number of aryl methyl sites for hydroxylation is 1. The maximum atomic E-state index is 13.8. The molecular weight excluding hydrogens is 467 g/mol. The van der Waals surface area contributed by atoms with Crippen LogP contribution < -0.4 is 15.4 Å². The normalized spacial score (nSPS) is 13.9. The summed E-state index contributed by atoms with van der Waals surface area (Å²) in [6, 6.07) is 7.73. The van der Waals surface area contributed by atoms with Gasteiger partial charge in [0.25, 0.3) is 12.3 Å². The van der Waals surface area contributed by atoms with E-state index >= 15 is 0 Å². The molecule has 1 aliphatic rings. The zero-order valence-corrected chi connectivity index (χ0v) is 19.3. The number of anilines is 2. The van der Waals surface area contributed by atoms with Crippen LogP contribution >= 0.6 is 0 Å². The predicted octanol–water partition coefficient (Wildman–Crippen LogP) is 4.81. The number of benzene rings is 2. The van der Waals surface area contributed by atoms with Crippen LogP contribution in [0.2, 0.25) is 0 Å². The lowest BCUT2D eigenvalue weighted by molar-refractivity contribution is -0.123. The van der Waals surface area contributed by atoms with Crippen LogP contribution in [-0.2, 0) is 15.5 Å². The van der Waals surface area contributed by atoms with Crippen molar-refractivity contribution in [3.8, 4) is 5.75 Å². The Labute approximate surface area is 197 Å². The smallest absolute Gasteiger partial charge is 0.258 e. The molecule has 2 N–H and O–H groups in total. The molecule has 1 saturated heterocycles. The van der Waals surface area contributed by atoms with Gasteiger partial charge in [-0.2, -0.15) is 0 Å². The molecule has 1 fully saturated rings. The SMILES string of the molecule is Cc1cc(N=S2CCCC2)cc2ncnc(Nc3ccc(F)cc3OCC(=O)NCC(F)F)c12. The van der Waals surface area contributed by atoms with Gasteiger partial charge in [0.15, 0.2) is 6.61 Å². The van der Waals surface area contributed by atoms with Crippen molar-refractivity contribution < 1.29 is 22.7 Å². The van der Waals surface area contributed by atoms with E-state index in [1.807, 2.05) is 24.4 Å². The van der Waals surface area contributed by atoms with E-state index in [4.69, 9.17) is 9.10 Å². The van der Waals surface area contributed by atoms with Crippen LogP contribution in [-0.4, -0.2) is 47.0 Å². The molecule has 1 aromatic heterocycles. The highest BCUT2D eigenvalue weighted by Gasteiger charge is 2.14. The number of fused-ring (bicyclic) bond motifs is 1. The zero-order valence-electron chi connectivity index (χ0n) is 18.5. The van der Waals surface area contributed by atoms with Crippen LogP contribution in [0.25, 0.3) is 10.9 Å². The van der Waals surface area contributed by atoms with Crippen molar-refractivity contribution in [3.63, 3.8) is 0 Å². The average molecular weight is 492 g/mol. The monoisotopic (exact) mass is 491 g/mol. The van der Waals surface area contributed by atoms with Gasteiger partial charge in [-0.1, -0.05) is 10.7 Å². The number of nitrogens with zero attached hydrogens (tertiary/aromatic N) is 3. The lowest BCUT2D eigenvalue weighted by Crippen LogP contribution is -2.32. The van der Waals surface area contributed by atoms with Crippen molar-refractivity contribution in [2.45, 2.75) is 26.2 Å². The highest BCUT2D eigenvalue weighted by molar-refractivity contribution is 7.87. The zero-order chi connectivity index (χ0) is 24.1. The van der Waals surface area contributed by atoms with Crippen molar-refractivity contribution in [2.75, 3.05) is 30.0 Å². The number of rotatable bonds is 8. The summed E-state index contributed by atoms with van der Waals surface area (Å²) in [4.78, 5) is 20.5. The summed E-state index contributed by atoms with van der Waals surface area (Å²) in [6.07, 6.45) is 1.18. The Kier molecular flexibility index (Phi) is 7.61. The molecule has 7 nitrogen and oxygen atoms in total. The van der Waals surface area contributed by atoms with Crippen molar-refractivity contribution in [1.82, 2.24) is 15.3 Å². The highest BCUT2D eigenvalue weighted by Crippen LogP contribution is 2.34. The van der Waals surface area contributed by atoms with Crippen LogP contribution in [0.1, 0.15) is 18.4 Å². The standard InChI is InChI=1S/C23H24F3N5O2S/c1-14-8-16(31-34-6-2-3-7-34)10-18-22(14)23(29-13-28-18)30-17-5-4-15(24)9-19(17)33-12-21(32)27-11-20(25)26/h4-5,8-10,13,20H,2-3,6-7,11-12H2,1H3,(H,27,32)(H,28,29,30). The number of aromatic nitrogens is 2. The van der Waals surface area contributed by atoms with Crippen molar-refractivity contribution in [3.05, 3.63) is 48.0 Å².